The predicted octanol–water partition coefficient (Wildman–Crippen LogP) is 2.03. The monoisotopic (exact) mass is 422 g/mol. The minimum absolute atomic E-state index is 0.0482. The van der Waals surface area contributed by atoms with Gasteiger partial charge in [0, 0.05) is 50.9 Å². The fourth-order valence-corrected chi connectivity index (χ4v) is 4.16. The zero-order valence-electron chi connectivity index (χ0n) is 16.4. The summed E-state index contributed by atoms with van der Waals surface area (Å²) in [4.78, 5) is 31.1. The van der Waals surface area contributed by atoms with Crippen LogP contribution in [0.2, 0.25) is 5.02 Å². The lowest BCUT2D eigenvalue weighted by atomic mass is 10.2. The minimum Gasteiger partial charge on any atom is -0.378 e. The van der Waals surface area contributed by atoms with Gasteiger partial charge in [-0.3, -0.25) is 4.79 Å². The number of rotatable bonds is 3. The average Bonchev–Trinajstić information content (AvgIpc) is 3.29. The summed E-state index contributed by atoms with van der Waals surface area (Å²) in [7, 11) is 0. The van der Waals surface area contributed by atoms with Crippen molar-refractivity contribution >= 4 is 34.9 Å². The molecule has 0 bridgehead atoms. The molecule has 9 heteroatoms. The van der Waals surface area contributed by atoms with E-state index in [1.54, 1.807) is 15.9 Å². The smallest absolute Gasteiger partial charge is 0.322 e. The average molecular weight is 423 g/mol. The van der Waals surface area contributed by atoms with E-state index in [0.29, 0.717) is 56.7 Å². The Labute approximate surface area is 175 Å². The number of halogens is 1. The van der Waals surface area contributed by atoms with Gasteiger partial charge in [-0.2, -0.15) is 0 Å². The van der Waals surface area contributed by atoms with Crippen molar-refractivity contribution in [1.82, 2.24) is 9.80 Å². The Balaban J connectivity index is 1.36. The maximum atomic E-state index is 12.8. The van der Waals surface area contributed by atoms with Gasteiger partial charge in [0.05, 0.1) is 24.6 Å². The molecule has 0 aromatic heterocycles. The van der Waals surface area contributed by atoms with Crippen molar-refractivity contribution in [1.29, 1.82) is 0 Å². The van der Waals surface area contributed by atoms with Gasteiger partial charge in [0.2, 0.25) is 0 Å². The lowest BCUT2D eigenvalue weighted by molar-refractivity contribution is -0.142. The van der Waals surface area contributed by atoms with Gasteiger partial charge in [-0.05, 0) is 31.0 Å². The number of carbonyl (C=O) groups excluding carboxylic acids is 2. The van der Waals surface area contributed by atoms with Crippen LogP contribution in [0.15, 0.2) is 18.2 Å². The van der Waals surface area contributed by atoms with Crippen LogP contribution in [-0.4, -0.2) is 86.9 Å². The molecule has 0 unspecified atom stereocenters. The molecular weight excluding hydrogens is 396 g/mol. The number of hydrogen-bond acceptors (Lipinski definition) is 5. The van der Waals surface area contributed by atoms with Gasteiger partial charge >= 0.3 is 6.03 Å². The van der Waals surface area contributed by atoms with Crippen LogP contribution in [0, 0.1) is 0 Å². The van der Waals surface area contributed by atoms with Crippen LogP contribution < -0.4 is 10.2 Å². The summed E-state index contributed by atoms with van der Waals surface area (Å²) in [5.41, 5.74) is 1.64. The van der Waals surface area contributed by atoms with Gasteiger partial charge in [0.15, 0.2) is 0 Å². The van der Waals surface area contributed by atoms with E-state index in [1.165, 1.54) is 0 Å². The van der Waals surface area contributed by atoms with E-state index in [1.807, 2.05) is 12.1 Å². The third-order valence-corrected chi connectivity index (χ3v) is 5.87. The minimum atomic E-state index is -0.307. The normalized spacial score (nSPS) is 22.7. The van der Waals surface area contributed by atoms with Crippen LogP contribution in [0.3, 0.4) is 0 Å². The number of nitrogens with zero attached hydrogens (tertiary/aromatic N) is 3. The van der Waals surface area contributed by atoms with E-state index in [0.717, 1.165) is 31.6 Å². The molecule has 0 aliphatic carbocycles. The summed E-state index contributed by atoms with van der Waals surface area (Å²) in [5, 5.41) is 3.58. The Kier molecular flexibility index (Phi) is 6.42. The van der Waals surface area contributed by atoms with E-state index in [9.17, 15) is 9.59 Å². The van der Waals surface area contributed by atoms with Gasteiger partial charge < -0.3 is 29.5 Å². The van der Waals surface area contributed by atoms with E-state index < -0.39 is 0 Å². The maximum Gasteiger partial charge on any atom is 0.322 e. The summed E-state index contributed by atoms with van der Waals surface area (Å²) in [6, 6.07) is 5.37. The van der Waals surface area contributed by atoms with Crippen LogP contribution in [0.5, 0.6) is 0 Å². The Morgan fingerprint density at radius 2 is 1.72 bits per heavy atom. The molecule has 4 rings (SSSR count). The van der Waals surface area contributed by atoms with Crippen molar-refractivity contribution in [2.75, 3.05) is 69.3 Å². The first kappa shape index (κ1) is 20.3. The van der Waals surface area contributed by atoms with E-state index >= 15 is 0 Å². The van der Waals surface area contributed by atoms with Crippen molar-refractivity contribution in [3.8, 4) is 0 Å². The largest absolute Gasteiger partial charge is 0.378 e. The number of morpholine rings is 1. The highest BCUT2D eigenvalue weighted by Crippen LogP contribution is 2.30. The van der Waals surface area contributed by atoms with Crippen LogP contribution in [0.4, 0.5) is 16.2 Å². The van der Waals surface area contributed by atoms with Crippen LogP contribution in [0.1, 0.15) is 12.8 Å². The van der Waals surface area contributed by atoms with E-state index in [2.05, 4.69) is 10.2 Å². The first-order chi connectivity index (χ1) is 14.1. The summed E-state index contributed by atoms with van der Waals surface area (Å²) in [6.45, 7) is 5.58. The molecule has 158 valence electrons. The molecule has 3 aliphatic rings. The van der Waals surface area contributed by atoms with Gasteiger partial charge in [-0.1, -0.05) is 11.6 Å². The topological polar surface area (TPSA) is 74.4 Å². The standard InChI is InChI=1S/C20H27ClN4O4/c21-15-3-4-17(23-9-12-28-13-10-23)16(14-15)22-20(27)25-7-5-24(6-8-25)19(26)18-2-1-11-29-18/h3-4,14,18H,1-2,5-13H2,(H,22,27)/t18-/m1/s1. The number of anilines is 2. The third kappa shape index (κ3) is 4.76. The highest BCUT2D eigenvalue weighted by atomic mass is 35.5. The molecule has 3 fully saturated rings. The van der Waals surface area contributed by atoms with Crippen molar-refractivity contribution in [2.45, 2.75) is 18.9 Å². The second-order valence-electron chi connectivity index (χ2n) is 7.51. The first-order valence-corrected chi connectivity index (χ1v) is 10.6. The molecule has 3 amide bonds. The fourth-order valence-electron chi connectivity index (χ4n) is 3.99. The number of nitrogens with one attached hydrogen (secondary N) is 1. The van der Waals surface area contributed by atoms with Gasteiger partial charge in [-0.25, -0.2) is 4.79 Å². The molecule has 1 atom stereocenters. The molecule has 29 heavy (non-hydrogen) atoms. The van der Waals surface area contributed by atoms with Gasteiger partial charge in [-0.15, -0.1) is 0 Å². The SMILES string of the molecule is O=C(Nc1cc(Cl)ccc1N1CCOCC1)N1CCN(C(=O)[C@H]2CCCO2)CC1. The molecule has 1 aromatic carbocycles. The number of carbonyl (C=O) groups is 2. The molecule has 1 N–H and O–H groups in total. The summed E-state index contributed by atoms with van der Waals surface area (Å²) in [6.07, 6.45) is 1.42. The van der Waals surface area contributed by atoms with Crippen LogP contribution in [0.25, 0.3) is 0 Å². The molecular formula is C20H27ClN4O4. The molecule has 1 aromatic rings. The summed E-state index contributed by atoms with van der Waals surface area (Å²) >= 11 is 6.18. The number of urea groups is 1. The molecule has 0 spiro atoms. The molecule has 3 aliphatic heterocycles. The highest BCUT2D eigenvalue weighted by molar-refractivity contribution is 6.31. The zero-order chi connectivity index (χ0) is 20.2. The first-order valence-electron chi connectivity index (χ1n) is 10.2. The Morgan fingerprint density at radius 3 is 2.41 bits per heavy atom. The molecule has 8 nitrogen and oxygen atoms in total. The third-order valence-electron chi connectivity index (χ3n) is 5.64. The summed E-state index contributed by atoms with van der Waals surface area (Å²) < 4.78 is 10.9. The number of benzene rings is 1. The van der Waals surface area contributed by atoms with Crippen molar-refractivity contribution in [3.05, 3.63) is 23.2 Å². The zero-order valence-corrected chi connectivity index (χ0v) is 17.2. The number of hydrogen-bond donors (Lipinski definition) is 1. The molecule has 0 saturated carbocycles. The lowest BCUT2D eigenvalue weighted by Crippen LogP contribution is -2.53. The second-order valence-corrected chi connectivity index (χ2v) is 7.94. The number of amides is 3. The Hall–Kier alpha value is -2.03. The summed E-state index contributed by atoms with van der Waals surface area (Å²) in [5.74, 6) is 0.0482. The van der Waals surface area contributed by atoms with Crippen molar-refractivity contribution in [2.24, 2.45) is 0 Å². The predicted molar refractivity (Wildman–Crippen MR) is 111 cm³/mol. The van der Waals surface area contributed by atoms with Crippen LogP contribution in [-0.2, 0) is 14.3 Å². The van der Waals surface area contributed by atoms with Crippen LogP contribution >= 0.6 is 11.6 Å². The lowest BCUT2D eigenvalue weighted by Gasteiger charge is -2.36. The van der Waals surface area contributed by atoms with Crippen molar-refractivity contribution in [3.63, 3.8) is 0 Å². The number of piperazine rings is 1. The Morgan fingerprint density at radius 1 is 1.00 bits per heavy atom. The second kappa shape index (κ2) is 9.19. The van der Waals surface area contributed by atoms with Gasteiger partial charge in [0.25, 0.3) is 5.91 Å². The van der Waals surface area contributed by atoms with E-state index in [-0.39, 0.29) is 18.0 Å². The molecule has 3 saturated heterocycles. The van der Waals surface area contributed by atoms with Crippen molar-refractivity contribution < 1.29 is 19.1 Å². The highest BCUT2D eigenvalue weighted by Gasteiger charge is 2.31. The fraction of sp³-hybridized carbons (Fsp3) is 0.600. The van der Waals surface area contributed by atoms with Gasteiger partial charge in [0.1, 0.15) is 6.10 Å². The Bertz CT molecular complexity index is 742. The molecule has 0 radical (unpaired) electrons. The molecule has 3 heterocycles. The van der Waals surface area contributed by atoms with E-state index in [4.69, 9.17) is 21.1 Å². The quantitative estimate of drug-likeness (QED) is 0.806. The maximum absolute atomic E-state index is 12.8. The number of ether oxygens (including phenoxy) is 2.